The number of aliphatic hydroxyl groups excluding tert-OH is 4. The summed E-state index contributed by atoms with van der Waals surface area (Å²) in [6, 6.07) is -1.01. The van der Waals surface area contributed by atoms with Crippen molar-refractivity contribution in [3.63, 3.8) is 0 Å². The second kappa shape index (κ2) is 50.5. The van der Waals surface area contributed by atoms with Crippen LogP contribution in [-0.4, -0.2) is 57.3 Å². The average molecular weight is 874 g/mol. The Morgan fingerprint density at radius 3 is 1.02 bits per heavy atom. The zero-order valence-electron chi connectivity index (χ0n) is 41.4. The van der Waals surface area contributed by atoms with E-state index in [4.69, 9.17) is 0 Å². The van der Waals surface area contributed by atoms with Crippen LogP contribution in [0.25, 0.3) is 0 Å². The van der Waals surface area contributed by atoms with Crippen LogP contribution in [0, 0.1) is 0 Å². The van der Waals surface area contributed by atoms with Crippen LogP contribution in [0.1, 0.15) is 284 Å². The molecule has 0 aromatic heterocycles. The van der Waals surface area contributed by atoms with Gasteiger partial charge in [0.25, 0.3) is 0 Å². The Kier molecular flexibility index (Phi) is 49.3. The van der Waals surface area contributed by atoms with Gasteiger partial charge in [0.2, 0.25) is 5.91 Å². The molecule has 0 saturated heterocycles. The van der Waals surface area contributed by atoms with Crippen LogP contribution in [0.15, 0.2) is 36.5 Å². The number of carbonyl (C=O) groups excluding carboxylic acids is 1. The van der Waals surface area contributed by atoms with E-state index in [1.54, 1.807) is 0 Å². The lowest BCUT2D eigenvalue weighted by Crippen LogP contribution is -2.53. The molecule has 0 spiro atoms. The lowest BCUT2D eigenvalue weighted by molar-refractivity contribution is -0.132. The first kappa shape index (κ1) is 60.5. The van der Waals surface area contributed by atoms with Gasteiger partial charge in [0.05, 0.1) is 18.8 Å². The summed E-state index contributed by atoms with van der Waals surface area (Å²) in [5.74, 6) is -0.595. The molecule has 6 nitrogen and oxygen atoms in total. The van der Waals surface area contributed by atoms with E-state index in [-0.39, 0.29) is 0 Å². The van der Waals surface area contributed by atoms with E-state index in [9.17, 15) is 25.2 Å². The molecule has 0 bridgehead atoms. The van der Waals surface area contributed by atoms with Crippen LogP contribution < -0.4 is 5.32 Å². The predicted molar refractivity (Wildman–Crippen MR) is 270 cm³/mol. The predicted octanol–water partition coefficient (Wildman–Crippen LogP) is 15.6. The van der Waals surface area contributed by atoms with Gasteiger partial charge in [0, 0.05) is 0 Å². The fraction of sp³-hybridized carbons (Fsp3) is 0.875. The SMILES string of the molecule is CCCCCCCCCC/C=C/CC/C=C/CCCC(O)C(O)C(CO)NC(=O)C(O)CCCCCCCCCCCCCCC/C=C\CCCCCCCCCCCCCC. The molecular formula is C56H107NO5. The monoisotopic (exact) mass is 874 g/mol. The summed E-state index contributed by atoms with van der Waals surface area (Å²) in [6.45, 7) is 4.06. The molecule has 0 radical (unpaired) electrons. The highest BCUT2D eigenvalue weighted by atomic mass is 16.3. The number of allylic oxidation sites excluding steroid dienone is 6. The second-order valence-electron chi connectivity index (χ2n) is 18.9. The van der Waals surface area contributed by atoms with Gasteiger partial charge in [-0.3, -0.25) is 4.79 Å². The van der Waals surface area contributed by atoms with Crippen molar-refractivity contribution >= 4 is 5.91 Å². The number of amides is 1. The number of unbranched alkanes of at least 4 members (excludes halogenated alkanes) is 35. The summed E-state index contributed by atoms with van der Waals surface area (Å²) in [5.41, 5.74) is 0. The highest BCUT2D eigenvalue weighted by Crippen LogP contribution is 2.17. The lowest BCUT2D eigenvalue weighted by atomic mass is 10.00. The number of aliphatic hydroxyl groups is 4. The van der Waals surface area contributed by atoms with Crippen molar-refractivity contribution in [2.75, 3.05) is 6.61 Å². The van der Waals surface area contributed by atoms with Gasteiger partial charge >= 0.3 is 0 Å². The zero-order valence-corrected chi connectivity index (χ0v) is 41.4. The van der Waals surface area contributed by atoms with Crippen LogP contribution >= 0.6 is 0 Å². The van der Waals surface area contributed by atoms with E-state index < -0.39 is 36.9 Å². The van der Waals surface area contributed by atoms with Crippen molar-refractivity contribution in [3.05, 3.63) is 36.5 Å². The first-order valence-corrected chi connectivity index (χ1v) is 27.4. The minimum Gasteiger partial charge on any atom is -0.394 e. The summed E-state index contributed by atoms with van der Waals surface area (Å²) in [7, 11) is 0. The molecule has 4 unspecified atom stereocenters. The smallest absolute Gasteiger partial charge is 0.249 e. The Morgan fingerprint density at radius 2 is 0.677 bits per heavy atom. The molecule has 0 aliphatic carbocycles. The Hall–Kier alpha value is -1.47. The number of hydrogen-bond acceptors (Lipinski definition) is 5. The zero-order chi connectivity index (χ0) is 45.2. The largest absolute Gasteiger partial charge is 0.394 e. The molecule has 0 rings (SSSR count). The van der Waals surface area contributed by atoms with Crippen molar-refractivity contribution in [1.82, 2.24) is 5.32 Å². The molecule has 62 heavy (non-hydrogen) atoms. The summed E-state index contributed by atoms with van der Waals surface area (Å²) < 4.78 is 0. The highest BCUT2D eigenvalue weighted by molar-refractivity contribution is 5.80. The van der Waals surface area contributed by atoms with Crippen LogP contribution in [0.2, 0.25) is 0 Å². The number of hydrogen-bond donors (Lipinski definition) is 5. The fourth-order valence-electron chi connectivity index (χ4n) is 8.48. The van der Waals surface area contributed by atoms with Crippen molar-refractivity contribution < 1.29 is 25.2 Å². The maximum Gasteiger partial charge on any atom is 0.249 e. The molecule has 0 aliphatic heterocycles. The molecule has 6 heteroatoms. The maximum atomic E-state index is 12.6. The van der Waals surface area contributed by atoms with E-state index >= 15 is 0 Å². The second-order valence-corrected chi connectivity index (χ2v) is 18.9. The standard InChI is InChI=1S/C56H107NO5/c1-3-5-7-9-11-13-15-17-19-21-22-23-24-25-26-27-28-29-30-31-32-34-36-38-40-42-44-46-48-50-54(60)56(62)57-52(51-58)55(61)53(59)49-47-45-43-41-39-37-35-33-20-18-16-14-12-10-8-6-4-2/h25-26,33,35,41,43,52-55,58-61H,3-24,27-32,34,36-40,42,44-51H2,1-2H3,(H,57,62)/b26-25-,35-33+,43-41+. The average Bonchev–Trinajstić information content (AvgIpc) is 3.28. The van der Waals surface area contributed by atoms with Crippen LogP contribution in [-0.2, 0) is 4.79 Å². The maximum absolute atomic E-state index is 12.6. The molecular weight excluding hydrogens is 767 g/mol. The van der Waals surface area contributed by atoms with Gasteiger partial charge in [-0.05, 0) is 77.0 Å². The van der Waals surface area contributed by atoms with E-state index in [2.05, 4.69) is 55.6 Å². The molecule has 0 aromatic rings. The normalized spacial score (nSPS) is 14.1. The minimum absolute atomic E-state index is 0.361. The third-order valence-electron chi connectivity index (χ3n) is 12.8. The van der Waals surface area contributed by atoms with Gasteiger partial charge in [-0.25, -0.2) is 0 Å². The topological polar surface area (TPSA) is 110 Å². The third kappa shape index (κ3) is 43.8. The molecule has 0 aliphatic rings. The van der Waals surface area contributed by atoms with Gasteiger partial charge in [0.1, 0.15) is 12.2 Å². The number of nitrogens with one attached hydrogen (secondary N) is 1. The fourth-order valence-corrected chi connectivity index (χ4v) is 8.48. The van der Waals surface area contributed by atoms with Crippen molar-refractivity contribution in [1.29, 1.82) is 0 Å². The first-order valence-electron chi connectivity index (χ1n) is 27.4. The van der Waals surface area contributed by atoms with Crippen LogP contribution in [0.3, 0.4) is 0 Å². The Balaban J connectivity index is 3.65. The van der Waals surface area contributed by atoms with Crippen molar-refractivity contribution in [2.24, 2.45) is 0 Å². The molecule has 4 atom stereocenters. The van der Waals surface area contributed by atoms with Gasteiger partial charge in [-0.2, -0.15) is 0 Å². The number of carbonyl (C=O) groups is 1. The van der Waals surface area contributed by atoms with Gasteiger partial charge in [0.15, 0.2) is 0 Å². The van der Waals surface area contributed by atoms with Crippen LogP contribution in [0.5, 0.6) is 0 Å². The minimum atomic E-state index is -1.29. The summed E-state index contributed by atoms with van der Waals surface area (Å²) in [4.78, 5) is 12.6. The Bertz CT molecular complexity index is 981. The van der Waals surface area contributed by atoms with Crippen molar-refractivity contribution in [3.8, 4) is 0 Å². The van der Waals surface area contributed by atoms with E-state index in [1.165, 1.54) is 212 Å². The lowest BCUT2D eigenvalue weighted by Gasteiger charge is -2.27. The molecule has 0 aromatic carbocycles. The Morgan fingerprint density at radius 1 is 0.387 bits per heavy atom. The number of rotatable bonds is 50. The molecule has 0 fully saturated rings. The molecule has 0 heterocycles. The summed E-state index contributed by atoms with van der Waals surface area (Å²) >= 11 is 0. The van der Waals surface area contributed by atoms with Gasteiger partial charge in [-0.15, -0.1) is 0 Å². The molecule has 366 valence electrons. The Labute approximate surface area is 386 Å². The van der Waals surface area contributed by atoms with Gasteiger partial charge < -0.3 is 25.7 Å². The summed E-state index contributed by atoms with van der Waals surface area (Å²) in [6.07, 6.45) is 62.1. The quantitative estimate of drug-likeness (QED) is 0.0309. The van der Waals surface area contributed by atoms with Crippen LogP contribution in [0.4, 0.5) is 0 Å². The van der Waals surface area contributed by atoms with Gasteiger partial charge in [-0.1, -0.05) is 243 Å². The van der Waals surface area contributed by atoms with E-state index in [1.807, 2.05) is 0 Å². The van der Waals surface area contributed by atoms with E-state index in [0.717, 1.165) is 38.5 Å². The molecule has 5 N–H and O–H groups in total. The van der Waals surface area contributed by atoms with Crippen molar-refractivity contribution in [2.45, 2.75) is 308 Å². The molecule has 1 amide bonds. The molecule has 0 saturated carbocycles. The third-order valence-corrected chi connectivity index (χ3v) is 12.8. The first-order chi connectivity index (χ1) is 30.5. The summed E-state index contributed by atoms with van der Waals surface area (Å²) in [5, 5.41) is 43.9. The highest BCUT2D eigenvalue weighted by Gasteiger charge is 2.28. The van der Waals surface area contributed by atoms with E-state index in [0.29, 0.717) is 19.3 Å².